The molecule has 0 aliphatic heterocycles. The van der Waals surface area contributed by atoms with Crippen LogP contribution in [-0.4, -0.2) is 63.0 Å². The van der Waals surface area contributed by atoms with Gasteiger partial charge in [-0.15, -0.1) is 0 Å². The standard InChI is InChI=1S/C31H34N4O6/c1-21-16-29(38)34(2)31(33-21)23-8-10-25(11-9-23)41-20-24(36)19-35(18-22-6-4-3-5-7-22)14-15-40-26-12-13-28(37)27(17-26)30(32)39/h3-13,16-17,24,36-37H,14-15,18-20H2,1-2H3,(H2,32,39). The van der Waals surface area contributed by atoms with E-state index in [0.29, 0.717) is 42.7 Å². The smallest absolute Gasteiger partial charge is 0.253 e. The van der Waals surface area contributed by atoms with Gasteiger partial charge in [0.2, 0.25) is 0 Å². The zero-order valence-electron chi connectivity index (χ0n) is 23.1. The minimum atomic E-state index is -0.784. The fraction of sp³-hybridized carbons (Fsp3) is 0.258. The van der Waals surface area contributed by atoms with Gasteiger partial charge < -0.3 is 25.4 Å². The Morgan fingerprint density at radius 3 is 2.44 bits per heavy atom. The fourth-order valence-electron chi connectivity index (χ4n) is 4.33. The van der Waals surface area contributed by atoms with Gasteiger partial charge in [-0.2, -0.15) is 0 Å². The quantitative estimate of drug-likeness (QED) is 0.228. The number of aromatic hydroxyl groups is 1. The third-order valence-electron chi connectivity index (χ3n) is 6.45. The Hall–Kier alpha value is -4.67. The van der Waals surface area contributed by atoms with E-state index in [9.17, 15) is 19.8 Å². The first kappa shape index (κ1) is 29.3. The maximum Gasteiger partial charge on any atom is 0.253 e. The molecule has 1 heterocycles. The molecule has 0 bridgehead atoms. The van der Waals surface area contributed by atoms with Crippen molar-refractivity contribution < 1.29 is 24.5 Å². The number of carbonyl (C=O) groups is 1. The van der Waals surface area contributed by atoms with Gasteiger partial charge in [-0.3, -0.25) is 19.1 Å². The van der Waals surface area contributed by atoms with Gasteiger partial charge in [-0.05, 0) is 55.0 Å². The molecule has 1 atom stereocenters. The molecule has 0 radical (unpaired) electrons. The molecule has 0 fully saturated rings. The molecule has 0 aliphatic carbocycles. The van der Waals surface area contributed by atoms with Crippen LogP contribution in [0.5, 0.6) is 17.2 Å². The maximum atomic E-state index is 12.1. The third-order valence-corrected chi connectivity index (χ3v) is 6.45. The topological polar surface area (TPSA) is 140 Å². The Morgan fingerprint density at radius 1 is 1.02 bits per heavy atom. The van der Waals surface area contributed by atoms with Gasteiger partial charge >= 0.3 is 0 Å². The lowest BCUT2D eigenvalue weighted by molar-refractivity contribution is 0.0605. The molecule has 1 amide bonds. The summed E-state index contributed by atoms with van der Waals surface area (Å²) in [6.07, 6.45) is -0.784. The Labute approximate surface area is 238 Å². The van der Waals surface area contributed by atoms with Gasteiger partial charge in [0.1, 0.15) is 42.4 Å². The molecule has 4 N–H and O–H groups in total. The summed E-state index contributed by atoms with van der Waals surface area (Å²) in [5, 5.41) is 20.6. The second-order valence-corrected chi connectivity index (χ2v) is 9.72. The number of aliphatic hydroxyl groups is 1. The van der Waals surface area contributed by atoms with Crippen LogP contribution in [0.25, 0.3) is 11.4 Å². The summed E-state index contributed by atoms with van der Waals surface area (Å²) in [7, 11) is 1.68. The van der Waals surface area contributed by atoms with E-state index in [-0.39, 0.29) is 30.1 Å². The number of amides is 1. The molecular weight excluding hydrogens is 524 g/mol. The molecule has 1 unspecified atom stereocenters. The van der Waals surface area contributed by atoms with E-state index in [0.717, 1.165) is 11.1 Å². The third kappa shape index (κ3) is 8.17. The lowest BCUT2D eigenvalue weighted by atomic mass is 10.2. The second-order valence-electron chi connectivity index (χ2n) is 9.72. The second kappa shape index (κ2) is 13.6. The van der Waals surface area contributed by atoms with Crippen molar-refractivity contribution >= 4 is 5.91 Å². The number of hydrogen-bond acceptors (Lipinski definition) is 8. The summed E-state index contributed by atoms with van der Waals surface area (Å²) >= 11 is 0. The molecular formula is C31H34N4O6. The number of aliphatic hydroxyl groups excluding tert-OH is 1. The molecule has 0 saturated carbocycles. The number of aryl methyl sites for hydroxylation is 1. The van der Waals surface area contributed by atoms with Crippen molar-refractivity contribution in [1.82, 2.24) is 14.5 Å². The first-order chi connectivity index (χ1) is 19.7. The van der Waals surface area contributed by atoms with Crippen LogP contribution in [0.1, 0.15) is 21.6 Å². The Bertz CT molecular complexity index is 1520. The molecule has 214 valence electrons. The first-order valence-electron chi connectivity index (χ1n) is 13.2. The van der Waals surface area contributed by atoms with Crippen molar-refractivity contribution in [2.75, 3.05) is 26.3 Å². The zero-order valence-corrected chi connectivity index (χ0v) is 23.1. The lowest BCUT2D eigenvalue weighted by Gasteiger charge is -2.25. The molecule has 3 aromatic carbocycles. The van der Waals surface area contributed by atoms with E-state index >= 15 is 0 Å². The number of primary amides is 1. The average Bonchev–Trinajstić information content (AvgIpc) is 2.95. The highest BCUT2D eigenvalue weighted by molar-refractivity contribution is 5.95. The molecule has 41 heavy (non-hydrogen) atoms. The van der Waals surface area contributed by atoms with Gasteiger partial charge in [0.15, 0.2) is 0 Å². The predicted molar refractivity (Wildman–Crippen MR) is 155 cm³/mol. The zero-order chi connectivity index (χ0) is 29.4. The predicted octanol–water partition coefficient (Wildman–Crippen LogP) is 2.88. The van der Waals surface area contributed by atoms with E-state index < -0.39 is 12.0 Å². The van der Waals surface area contributed by atoms with Crippen molar-refractivity contribution in [2.24, 2.45) is 12.8 Å². The molecule has 0 spiro atoms. The summed E-state index contributed by atoms with van der Waals surface area (Å²) in [5.74, 6) is 0.614. The van der Waals surface area contributed by atoms with Crippen molar-refractivity contribution in [2.45, 2.75) is 19.6 Å². The molecule has 0 saturated heterocycles. The van der Waals surface area contributed by atoms with Crippen LogP contribution in [0.15, 0.2) is 83.7 Å². The van der Waals surface area contributed by atoms with Crippen molar-refractivity contribution in [3.63, 3.8) is 0 Å². The van der Waals surface area contributed by atoms with Crippen LogP contribution < -0.4 is 20.8 Å². The maximum absolute atomic E-state index is 12.1. The molecule has 4 rings (SSSR count). The minimum absolute atomic E-state index is 0.0107. The van der Waals surface area contributed by atoms with Crippen LogP contribution in [0.4, 0.5) is 0 Å². The van der Waals surface area contributed by atoms with Crippen LogP contribution in [0.3, 0.4) is 0 Å². The summed E-state index contributed by atoms with van der Waals surface area (Å²) in [5.41, 5.74) is 7.68. The number of phenols is 1. The number of rotatable bonds is 13. The van der Waals surface area contributed by atoms with Crippen LogP contribution in [0.2, 0.25) is 0 Å². The van der Waals surface area contributed by atoms with Gasteiger partial charge in [-0.25, -0.2) is 4.98 Å². The molecule has 0 aliphatic rings. The van der Waals surface area contributed by atoms with Gasteiger partial charge in [0, 0.05) is 44.0 Å². The van der Waals surface area contributed by atoms with Crippen LogP contribution >= 0.6 is 0 Å². The average molecular weight is 559 g/mol. The molecule has 4 aromatic rings. The highest BCUT2D eigenvalue weighted by atomic mass is 16.5. The Balaban J connectivity index is 1.35. The molecule has 10 nitrogen and oxygen atoms in total. The minimum Gasteiger partial charge on any atom is -0.507 e. The van der Waals surface area contributed by atoms with E-state index in [1.165, 1.54) is 22.8 Å². The fourth-order valence-corrected chi connectivity index (χ4v) is 4.33. The van der Waals surface area contributed by atoms with E-state index in [4.69, 9.17) is 15.2 Å². The highest BCUT2D eigenvalue weighted by Crippen LogP contribution is 2.23. The summed E-state index contributed by atoms with van der Waals surface area (Å²) < 4.78 is 13.1. The van der Waals surface area contributed by atoms with E-state index in [1.54, 1.807) is 32.2 Å². The monoisotopic (exact) mass is 558 g/mol. The number of hydrogen-bond donors (Lipinski definition) is 3. The van der Waals surface area contributed by atoms with Crippen molar-refractivity contribution in [3.8, 4) is 28.6 Å². The first-order valence-corrected chi connectivity index (χ1v) is 13.2. The van der Waals surface area contributed by atoms with E-state index in [1.807, 2.05) is 47.4 Å². The number of nitrogens with zero attached hydrogens (tertiary/aromatic N) is 3. The van der Waals surface area contributed by atoms with Crippen molar-refractivity contribution in [3.05, 3.63) is 106 Å². The van der Waals surface area contributed by atoms with Gasteiger partial charge in [-0.1, -0.05) is 30.3 Å². The van der Waals surface area contributed by atoms with Crippen molar-refractivity contribution in [1.29, 1.82) is 0 Å². The molecule has 10 heteroatoms. The molecule has 1 aromatic heterocycles. The highest BCUT2D eigenvalue weighted by Gasteiger charge is 2.15. The summed E-state index contributed by atoms with van der Waals surface area (Å²) in [6, 6.07) is 22.9. The number of aromatic nitrogens is 2. The normalized spacial score (nSPS) is 11.8. The Kier molecular flexibility index (Phi) is 9.73. The summed E-state index contributed by atoms with van der Waals surface area (Å²) in [4.78, 5) is 30.1. The Morgan fingerprint density at radius 2 is 1.73 bits per heavy atom. The number of ether oxygens (including phenoxy) is 2. The SMILES string of the molecule is Cc1cc(=O)n(C)c(-c2ccc(OCC(O)CN(CCOc3ccc(O)c(C(N)=O)c3)Cc3ccccc3)cc2)n1. The lowest BCUT2D eigenvalue weighted by Crippen LogP contribution is -2.37. The number of benzene rings is 3. The summed E-state index contributed by atoms with van der Waals surface area (Å²) in [6.45, 7) is 3.53. The van der Waals surface area contributed by atoms with Crippen LogP contribution in [-0.2, 0) is 13.6 Å². The van der Waals surface area contributed by atoms with Gasteiger partial charge in [0.25, 0.3) is 11.5 Å². The van der Waals surface area contributed by atoms with E-state index in [2.05, 4.69) is 4.98 Å². The number of nitrogens with two attached hydrogens (primary N) is 1. The van der Waals surface area contributed by atoms with Gasteiger partial charge in [0.05, 0.1) is 5.56 Å². The number of carbonyl (C=O) groups excluding carboxylic acids is 1. The largest absolute Gasteiger partial charge is 0.507 e. The van der Waals surface area contributed by atoms with Crippen LogP contribution in [0, 0.1) is 6.92 Å².